The van der Waals surface area contributed by atoms with Crippen molar-refractivity contribution in [1.29, 1.82) is 0 Å². The number of anilines is 1. The second-order valence-electron chi connectivity index (χ2n) is 3.57. The number of hydrogen-bond acceptors (Lipinski definition) is 2. The summed E-state index contributed by atoms with van der Waals surface area (Å²) in [4.78, 5) is 0. The van der Waals surface area contributed by atoms with E-state index in [-0.39, 0.29) is 0 Å². The first-order valence-corrected chi connectivity index (χ1v) is 5.81. The first-order chi connectivity index (χ1) is 7.66. The van der Waals surface area contributed by atoms with Crippen molar-refractivity contribution in [3.8, 4) is 0 Å². The van der Waals surface area contributed by atoms with E-state index < -0.39 is 11.6 Å². The minimum absolute atomic E-state index is 0.495. The Kier molecular flexibility index (Phi) is 3.19. The van der Waals surface area contributed by atoms with Crippen LogP contribution >= 0.6 is 11.3 Å². The molecule has 0 unspecified atom stereocenters. The number of rotatable bonds is 3. The molecule has 1 heterocycles. The molecule has 0 fully saturated rings. The molecule has 84 valence electrons. The highest BCUT2D eigenvalue weighted by Crippen LogP contribution is 2.20. The molecule has 0 aliphatic rings. The lowest BCUT2D eigenvalue weighted by Gasteiger charge is -2.06. The molecule has 0 aliphatic carbocycles. The van der Waals surface area contributed by atoms with E-state index in [9.17, 15) is 8.78 Å². The van der Waals surface area contributed by atoms with E-state index in [1.807, 2.05) is 17.7 Å². The molecule has 1 N–H and O–H groups in total. The minimum Gasteiger partial charge on any atom is -0.380 e. The van der Waals surface area contributed by atoms with E-state index in [1.165, 1.54) is 6.07 Å². The summed E-state index contributed by atoms with van der Waals surface area (Å²) in [7, 11) is 0. The second kappa shape index (κ2) is 4.61. The third-order valence-electron chi connectivity index (χ3n) is 2.32. The van der Waals surface area contributed by atoms with Gasteiger partial charge in [-0.25, -0.2) is 8.78 Å². The van der Waals surface area contributed by atoms with Crippen LogP contribution in [0.4, 0.5) is 14.5 Å². The summed E-state index contributed by atoms with van der Waals surface area (Å²) in [6.45, 7) is 2.50. The predicted octanol–water partition coefficient (Wildman–Crippen LogP) is 3.95. The molecule has 0 amide bonds. The van der Waals surface area contributed by atoms with Gasteiger partial charge in [-0.15, -0.1) is 11.3 Å². The van der Waals surface area contributed by atoms with Crippen molar-refractivity contribution >= 4 is 17.0 Å². The molecule has 0 atom stereocenters. The number of hydrogen-bond donors (Lipinski definition) is 1. The molecule has 0 saturated heterocycles. The highest BCUT2D eigenvalue weighted by Gasteiger charge is 2.03. The van der Waals surface area contributed by atoms with Gasteiger partial charge >= 0.3 is 0 Å². The Balaban J connectivity index is 2.05. The van der Waals surface area contributed by atoms with Gasteiger partial charge in [-0.3, -0.25) is 0 Å². The predicted molar refractivity (Wildman–Crippen MR) is 62.7 cm³/mol. The summed E-state index contributed by atoms with van der Waals surface area (Å²) in [5.74, 6) is -1.61. The van der Waals surface area contributed by atoms with E-state index in [2.05, 4.69) is 5.32 Å². The van der Waals surface area contributed by atoms with Gasteiger partial charge in [-0.05, 0) is 35.6 Å². The van der Waals surface area contributed by atoms with Crippen LogP contribution in [-0.2, 0) is 6.54 Å². The van der Waals surface area contributed by atoms with Gasteiger partial charge < -0.3 is 5.32 Å². The van der Waals surface area contributed by atoms with Gasteiger partial charge in [0.05, 0.1) is 0 Å². The Morgan fingerprint density at radius 3 is 2.62 bits per heavy atom. The van der Waals surface area contributed by atoms with Crippen LogP contribution in [0.25, 0.3) is 0 Å². The molecule has 0 radical (unpaired) electrons. The maximum absolute atomic E-state index is 12.9. The number of aryl methyl sites for hydroxylation is 1. The van der Waals surface area contributed by atoms with Crippen LogP contribution in [-0.4, -0.2) is 0 Å². The third kappa shape index (κ3) is 2.39. The highest BCUT2D eigenvalue weighted by molar-refractivity contribution is 7.08. The average Bonchev–Trinajstić information content (AvgIpc) is 2.66. The summed E-state index contributed by atoms with van der Waals surface area (Å²) in [6.07, 6.45) is 0. The van der Waals surface area contributed by atoms with Crippen molar-refractivity contribution in [2.45, 2.75) is 13.5 Å². The Morgan fingerprint density at radius 1 is 1.19 bits per heavy atom. The molecule has 0 spiro atoms. The normalized spacial score (nSPS) is 10.4. The molecule has 1 aromatic carbocycles. The summed E-state index contributed by atoms with van der Waals surface area (Å²) < 4.78 is 25.6. The average molecular weight is 239 g/mol. The first kappa shape index (κ1) is 11.1. The van der Waals surface area contributed by atoms with Gasteiger partial charge in [0.25, 0.3) is 0 Å². The van der Waals surface area contributed by atoms with Gasteiger partial charge in [0.1, 0.15) is 0 Å². The van der Waals surface area contributed by atoms with Crippen LogP contribution < -0.4 is 5.32 Å². The standard InChI is InChI=1S/C12H11F2NS/c1-8-6-16-7-12(8)15-5-9-2-3-10(13)11(14)4-9/h2-4,6-7,15H,5H2,1H3. The molecule has 0 bridgehead atoms. The molecule has 0 saturated carbocycles. The molecule has 0 aliphatic heterocycles. The topological polar surface area (TPSA) is 12.0 Å². The third-order valence-corrected chi connectivity index (χ3v) is 3.18. The zero-order valence-electron chi connectivity index (χ0n) is 8.76. The lowest BCUT2D eigenvalue weighted by Crippen LogP contribution is -2.00. The van der Waals surface area contributed by atoms with Crippen LogP contribution in [0.15, 0.2) is 29.0 Å². The van der Waals surface area contributed by atoms with Gasteiger partial charge in [0.2, 0.25) is 0 Å². The summed E-state index contributed by atoms with van der Waals surface area (Å²) in [5, 5.41) is 7.21. The van der Waals surface area contributed by atoms with Crippen LogP contribution in [0.1, 0.15) is 11.1 Å². The quantitative estimate of drug-likeness (QED) is 0.855. The van der Waals surface area contributed by atoms with E-state index in [0.29, 0.717) is 6.54 Å². The van der Waals surface area contributed by atoms with Crippen LogP contribution in [0, 0.1) is 18.6 Å². The monoisotopic (exact) mass is 239 g/mol. The zero-order chi connectivity index (χ0) is 11.5. The van der Waals surface area contributed by atoms with Crippen molar-refractivity contribution in [3.05, 3.63) is 51.7 Å². The number of thiophene rings is 1. The molecule has 2 rings (SSSR count). The Morgan fingerprint density at radius 2 is 2.00 bits per heavy atom. The van der Waals surface area contributed by atoms with E-state index in [1.54, 1.807) is 17.4 Å². The van der Waals surface area contributed by atoms with Gasteiger partial charge in [-0.1, -0.05) is 6.07 Å². The maximum Gasteiger partial charge on any atom is 0.159 e. The summed E-state index contributed by atoms with van der Waals surface area (Å²) in [5.41, 5.74) is 2.92. The van der Waals surface area contributed by atoms with Crippen LogP contribution in [0.3, 0.4) is 0 Å². The summed E-state index contributed by atoms with van der Waals surface area (Å²) >= 11 is 1.61. The van der Waals surface area contributed by atoms with Crippen molar-refractivity contribution in [2.75, 3.05) is 5.32 Å². The number of nitrogens with one attached hydrogen (secondary N) is 1. The summed E-state index contributed by atoms with van der Waals surface area (Å²) in [6, 6.07) is 3.93. The minimum atomic E-state index is -0.810. The largest absolute Gasteiger partial charge is 0.380 e. The van der Waals surface area contributed by atoms with Crippen molar-refractivity contribution in [3.63, 3.8) is 0 Å². The van der Waals surface area contributed by atoms with Crippen LogP contribution in [0.5, 0.6) is 0 Å². The lowest BCUT2D eigenvalue weighted by atomic mass is 10.2. The van der Waals surface area contributed by atoms with E-state index >= 15 is 0 Å². The Bertz CT molecular complexity index is 494. The highest BCUT2D eigenvalue weighted by atomic mass is 32.1. The van der Waals surface area contributed by atoms with Crippen molar-refractivity contribution in [1.82, 2.24) is 0 Å². The maximum atomic E-state index is 12.9. The van der Waals surface area contributed by atoms with Gasteiger partial charge in [0.15, 0.2) is 11.6 Å². The van der Waals surface area contributed by atoms with Gasteiger partial charge in [0, 0.05) is 17.6 Å². The Hall–Kier alpha value is -1.42. The fourth-order valence-corrected chi connectivity index (χ4v) is 2.19. The number of benzene rings is 1. The van der Waals surface area contributed by atoms with E-state index in [0.717, 1.165) is 22.9 Å². The molecule has 1 aromatic heterocycles. The lowest BCUT2D eigenvalue weighted by molar-refractivity contribution is 0.507. The molecule has 2 aromatic rings. The van der Waals surface area contributed by atoms with E-state index in [4.69, 9.17) is 0 Å². The molecule has 16 heavy (non-hydrogen) atoms. The molecule has 4 heteroatoms. The number of halogens is 2. The second-order valence-corrected chi connectivity index (χ2v) is 4.31. The molecular formula is C12H11F2NS. The van der Waals surface area contributed by atoms with Crippen molar-refractivity contribution in [2.24, 2.45) is 0 Å². The molecular weight excluding hydrogens is 228 g/mol. The van der Waals surface area contributed by atoms with Crippen LogP contribution in [0.2, 0.25) is 0 Å². The fraction of sp³-hybridized carbons (Fsp3) is 0.167. The molecule has 1 nitrogen and oxygen atoms in total. The first-order valence-electron chi connectivity index (χ1n) is 4.87. The zero-order valence-corrected chi connectivity index (χ0v) is 9.57. The van der Waals surface area contributed by atoms with Crippen molar-refractivity contribution < 1.29 is 8.78 Å². The fourth-order valence-electron chi connectivity index (χ4n) is 1.39. The smallest absolute Gasteiger partial charge is 0.159 e. The SMILES string of the molecule is Cc1cscc1NCc1ccc(F)c(F)c1. The van der Waals surface area contributed by atoms with Gasteiger partial charge in [-0.2, -0.15) is 0 Å². The Labute approximate surface area is 96.7 Å².